The monoisotopic (exact) mass is 332 g/mol. The number of aromatic nitrogens is 2. The molecule has 24 heavy (non-hydrogen) atoms. The number of hydrogen-bond donors (Lipinski definition) is 0. The summed E-state index contributed by atoms with van der Waals surface area (Å²) >= 11 is 0. The molecule has 1 aliphatic rings. The maximum absolute atomic E-state index is 10.7. The van der Waals surface area contributed by atoms with Gasteiger partial charge >= 0.3 is 0 Å². The van der Waals surface area contributed by atoms with Gasteiger partial charge in [-0.15, -0.1) is 10.2 Å². The maximum Gasteiger partial charge on any atom is 0.269 e. The fourth-order valence-corrected chi connectivity index (χ4v) is 2.73. The molecule has 128 valence electrons. The Kier molecular flexibility index (Phi) is 4.86. The highest BCUT2D eigenvalue weighted by molar-refractivity contribution is 5.55. The molecular formula is C16H20N4O4. The molecule has 0 aliphatic carbocycles. The first-order valence-electron chi connectivity index (χ1n) is 7.91. The molecule has 0 bridgehead atoms. The van der Waals surface area contributed by atoms with E-state index < -0.39 is 4.92 Å². The molecule has 3 rings (SSSR count). The van der Waals surface area contributed by atoms with Crippen LogP contribution in [0.5, 0.6) is 0 Å². The second kappa shape index (κ2) is 7.06. The van der Waals surface area contributed by atoms with Crippen LogP contribution in [-0.4, -0.2) is 46.8 Å². The van der Waals surface area contributed by atoms with E-state index in [0.717, 1.165) is 26.2 Å². The van der Waals surface area contributed by atoms with Gasteiger partial charge in [0, 0.05) is 30.8 Å². The van der Waals surface area contributed by atoms with Crippen LogP contribution in [-0.2, 0) is 4.74 Å². The summed E-state index contributed by atoms with van der Waals surface area (Å²) in [7, 11) is 2.03. The summed E-state index contributed by atoms with van der Waals surface area (Å²) in [4.78, 5) is 12.4. The number of ether oxygens (including phenoxy) is 1. The van der Waals surface area contributed by atoms with E-state index in [2.05, 4.69) is 15.1 Å². The Morgan fingerprint density at radius 3 is 2.75 bits per heavy atom. The van der Waals surface area contributed by atoms with Gasteiger partial charge in [-0.05, 0) is 38.4 Å². The van der Waals surface area contributed by atoms with Crippen molar-refractivity contribution < 1.29 is 14.1 Å². The molecule has 2 atom stereocenters. The van der Waals surface area contributed by atoms with Gasteiger partial charge in [0.15, 0.2) is 0 Å². The molecule has 0 unspecified atom stereocenters. The molecule has 0 spiro atoms. The summed E-state index contributed by atoms with van der Waals surface area (Å²) in [6.07, 6.45) is 1.08. The molecule has 0 radical (unpaired) electrons. The molecule has 1 aliphatic heterocycles. The summed E-state index contributed by atoms with van der Waals surface area (Å²) in [6, 6.07) is 6.06. The van der Waals surface area contributed by atoms with Crippen LogP contribution >= 0.6 is 0 Å². The lowest BCUT2D eigenvalue weighted by Crippen LogP contribution is -2.29. The molecule has 2 heterocycles. The van der Waals surface area contributed by atoms with Crippen molar-refractivity contribution in [1.29, 1.82) is 0 Å². The molecule has 8 nitrogen and oxygen atoms in total. The first-order valence-corrected chi connectivity index (χ1v) is 7.91. The standard InChI is InChI=1S/C16H20N4O4/c1-11(19(2)9-12-7-8-23-10-12)15-17-18-16(24-15)13-3-5-14(6-4-13)20(21)22/h3-6,11-12H,7-10H2,1-2H3/t11-,12-/m1/s1. The van der Waals surface area contributed by atoms with Crippen molar-refractivity contribution in [3.05, 3.63) is 40.3 Å². The predicted octanol–water partition coefficient (Wildman–Crippen LogP) is 2.67. The van der Waals surface area contributed by atoms with Gasteiger partial charge in [0.1, 0.15) is 0 Å². The van der Waals surface area contributed by atoms with Crippen molar-refractivity contribution in [3.8, 4) is 11.5 Å². The molecule has 0 saturated carbocycles. The van der Waals surface area contributed by atoms with E-state index in [1.165, 1.54) is 12.1 Å². The van der Waals surface area contributed by atoms with E-state index in [0.29, 0.717) is 23.3 Å². The first kappa shape index (κ1) is 16.5. The first-order chi connectivity index (χ1) is 11.5. The summed E-state index contributed by atoms with van der Waals surface area (Å²) < 4.78 is 11.2. The summed E-state index contributed by atoms with van der Waals surface area (Å²) in [5.74, 6) is 1.43. The molecule has 8 heteroatoms. The Labute approximate surface area is 139 Å². The van der Waals surface area contributed by atoms with Gasteiger partial charge in [-0.3, -0.25) is 15.0 Å². The van der Waals surface area contributed by atoms with Gasteiger partial charge in [0.2, 0.25) is 11.8 Å². The average molecular weight is 332 g/mol. The fraction of sp³-hybridized carbons (Fsp3) is 0.500. The zero-order valence-corrected chi connectivity index (χ0v) is 13.7. The number of nitro benzene ring substituents is 1. The van der Waals surface area contributed by atoms with Crippen molar-refractivity contribution in [3.63, 3.8) is 0 Å². The summed E-state index contributed by atoms with van der Waals surface area (Å²) in [6.45, 7) is 4.56. The van der Waals surface area contributed by atoms with Crippen molar-refractivity contribution in [2.45, 2.75) is 19.4 Å². The van der Waals surface area contributed by atoms with Crippen molar-refractivity contribution in [2.24, 2.45) is 5.92 Å². The highest BCUT2D eigenvalue weighted by atomic mass is 16.6. The van der Waals surface area contributed by atoms with Gasteiger partial charge in [-0.25, -0.2) is 0 Å². The molecule has 1 aromatic carbocycles. The average Bonchev–Trinajstić information content (AvgIpc) is 3.26. The van der Waals surface area contributed by atoms with Crippen LogP contribution in [0.25, 0.3) is 11.5 Å². The number of nitrogens with zero attached hydrogens (tertiary/aromatic N) is 4. The van der Waals surface area contributed by atoms with Crippen molar-refractivity contribution in [2.75, 3.05) is 26.8 Å². The maximum atomic E-state index is 10.7. The zero-order valence-electron chi connectivity index (χ0n) is 13.7. The quantitative estimate of drug-likeness (QED) is 0.593. The van der Waals surface area contributed by atoms with Gasteiger partial charge < -0.3 is 9.15 Å². The minimum absolute atomic E-state index is 0.00935. The smallest absolute Gasteiger partial charge is 0.269 e. The molecule has 0 amide bonds. The highest BCUT2D eigenvalue weighted by Crippen LogP contribution is 2.26. The van der Waals surface area contributed by atoms with E-state index in [9.17, 15) is 10.1 Å². The number of benzene rings is 1. The van der Waals surface area contributed by atoms with Crippen LogP contribution in [0.15, 0.2) is 28.7 Å². The molecule has 1 fully saturated rings. The Bertz CT molecular complexity index is 694. The third-order valence-corrected chi connectivity index (χ3v) is 4.35. The van der Waals surface area contributed by atoms with Crippen LogP contribution in [0.4, 0.5) is 5.69 Å². The van der Waals surface area contributed by atoms with E-state index >= 15 is 0 Å². The van der Waals surface area contributed by atoms with E-state index in [1.807, 2.05) is 14.0 Å². The van der Waals surface area contributed by atoms with Crippen LogP contribution in [0.3, 0.4) is 0 Å². The number of non-ortho nitro benzene ring substituents is 1. The van der Waals surface area contributed by atoms with Gasteiger partial charge in [0.25, 0.3) is 5.69 Å². The topological polar surface area (TPSA) is 94.5 Å². The second-order valence-corrected chi connectivity index (χ2v) is 6.09. The Balaban J connectivity index is 1.68. The van der Waals surface area contributed by atoms with Gasteiger partial charge in [-0.2, -0.15) is 0 Å². The lowest BCUT2D eigenvalue weighted by Gasteiger charge is -2.24. The van der Waals surface area contributed by atoms with Gasteiger partial charge in [0.05, 0.1) is 17.6 Å². The minimum atomic E-state index is -0.438. The fourth-order valence-electron chi connectivity index (χ4n) is 2.73. The van der Waals surface area contributed by atoms with Crippen LogP contribution in [0, 0.1) is 16.0 Å². The summed E-state index contributed by atoms with van der Waals surface area (Å²) in [5, 5.41) is 18.9. The van der Waals surface area contributed by atoms with Crippen LogP contribution in [0.2, 0.25) is 0 Å². The Morgan fingerprint density at radius 1 is 1.38 bits per heavy atom. The van der Waals surface area contributed by atoms with Gasteiger partial charge in [-0.1, -0.05) is 0 Å². The minimum Gasteiger partial charge on any atom is -0.419 e. The van der Waals surface area contributed by atoms with Crippen molar-refractivity contribution >= 4 is 5.69 Å². The van der Waals surface area contributed by atoms with E-state index in [1.54, 1.807) is 12.1 Å². The Morgan fingerprint density at radius 2 is 2.12 bits per heavy atom. The third kappa shape index (κ3) is 3.60. The number of rotatable bonds is 6. The predicted molar refractivity (Wildman–Crippen MR) is 86.4 cm³/mol. The summed E-state index contributed by atoms with van der Waals surface area (Å²) in [5.41, 5.74) is 0.698. The lowest BCUT2D eigenvalue weighted by molar-refractivity contribution is -0.384. The molecular weight excluding hydrogens is 312 g/mol. The molecule has 1 aromatic heterocycles. The van der Waals surface area contributed by atoms with Crippen LogP contribution in [0.1, 0.15) is 25.3 Å². The number of nitro groups is 1. The second-order valence-electron chi connectivity index (χ2n) is 6.09. The zero-order chi connectivity index (χ0) is 17.1. The highest BCUT2D eigenvalue weighted by Gasteiger charge is 2.24. The van der Waals surface area contributed by atoms with Crippen molar-refractivity contribution in [1.82, 2.24) is 15.1 Å². The molecule has 0 N–H and O–H groups in total. The van der Waals surface area contributed by atoms with Crippen LogP contribution < -0.4 is 0 Å². The van der Waals surface area contributed by atoms with E-state index in [4.69, 9.17) is 9.15 Å². The number of hydrogen-bond acceptors (Lipinski definition) is 7. The molecule has 1 saturated heterocycles. The Hall–Kier alpha value is -2.32. The lowest BCUT2D eigenvalue weighted by atomic mass is 10.1. The largest absolute Gasteiger partial charge is 0.419 e. The molecule has 2 aromatic rings. The normalized spacial score (nSPS) is 18.9. The SMILES string of the molecule is C[C@H](c1nnc(-c2ccc([N+](=O)[O-])cc2)o1)N(C)C[C@H]1CCOC1. The van der Waals surface area contributed by atoms with E-state index in [-0.39, 0.29) is 11.7 Å². The third-order valence-electron chi connectivity index (χ3n) is 4.35.